The summed E-state index contributed by atoms with van der Waals surface area (Å²) in [5.74, 6) is 2.08. The predicted octanol–water partition coefficient (Wildman–Crippen LogP) is 1.85. The van der Waals surface area contributed by atoms with E-state index in [-0.39, 0.29) is 6.03 Å². The summed E-state index contributed by atoms with van der Waals surface area (Å²) in [5.41, 5.74) is 0.586. The second kappa shape index (κ2) is 7.69. The normalized spacial score (nSPS) is 14.2. The van der Waals surface area contributed by atoms with Crippen molar-refractivity contribution < 1.29 is 14.3 Å². The van der Waals surface area contributed by atoms with Crippen LogP contribution >= 0.6 is 0 Å². The molecule has 3 rings (SSSR count). The third-order valence-corrected chi connectivity index (χ3v) is 4.09. The lowest BCUT2D eigenvalue weighted by molar-refractivity contribution is 0.208. The molecular weight excluding hydrogens is 322 g/mol. The minimum absolute atomic E-state index is 0.162. The topological polar surface area (TPSA) is 79.8 Å². The Labute approximate surface area is 146 Å². The Balaban J connectivity index is 1.62. The van der Waals surface area contributed by atoms with E-state index in [1.807, 2.05) is 0 Å². The number of piperazine rings is 1. The number of nitrogens with one attached hydrogen (secondary N) is 1. The SMILES string of the molecule is COc1ccc(OC)c(NC(=O)N2CCN(c3cnccn3)CC2)c1. The molecule has 1 saturated heterocycles. The Hall–Kier alpha value is -3.03. The molecule has 0 radical (unpaired) electrons. The van der Waals surface area contributed by atoms with E-state index in [9.17, 15) is 4.79 Å². The second-order valence-corrected chi connectivity index (χ2v) is 5.53. The molecular formula is C17H21N5O3. The van der Waals surface area contributed by atoms with Crippen LogP contribution in [0.4, 0.5) is 16.3 Å². The van der Waals surface area contributed by atoms with Crippen LogP contribution < -0.4 is 19.7 Å². The van der Waals surface area contributed by atoms with Gasteiger partial charge in [0.1, 0.15) is 17.3 Å². The maximum atomic E-state index is 12.6. The highest BCUT2D eigenvalue weighted by atomic mass is 16.5. The molecule has 25 heavy (non-hydrogen) atoms. The Morgan fingerprint density at radius 3 is 2.56 bits per heavy atom. The van der Waals surface area contributed by atoms with Gasteiger partial charge in [-0.25, -0.2) is 9.78 Å². The third-order valence-electron chi connectivity index (χ3n) is 4.09. The number of aromatic nitrogens is 2. The van der Waals surface area contributed by atoms with Crippen LogP contribution in [-0.4, -0.2) is 61.3 Å². The number of urea groups is 1. The summed E-state index contributed by atoms with van der Waals surface area (Å²) in [6.07, 6.45) is 5.05. The fraction of sp³-hybridized carbons (Fsp3) is 0.353. The van der Waals surface area contributed by atoms with Crippen molar-refractivity contribution in [2.45, 2.75) is 0 Å². The molecule has 1 aromatic heterocycles. The smallest absolute Gasteiger partial charge is 0.322 e. The molecule has 0 unspecified atom stereocenters. The number of nitrogens with zero attached hydrogens (tertiary/aromatic N) is 4. The van der Waals surface area contributed by atoms with Crippen molar-refractivity contribution in [1.82, 2.24) is 14.9 Å². The maximum Gasteiger partial charge on any atom is 0.322 e. The predicted molar refractivity (Wildman–Crippen MR) is 94.4 cm³/mol. The van der Waals surface area contributed by atoms with E-state index < -0.39 is 0 Å². The Bertz CT molecular complexity index is 717. The molecule has 8 nitrogen and oxygen atoms in total. The molecule has 1 aliphatic heterocycles. The zero-order valence-electron chi connectivity index (χ0n) is 14.3. The van der Waals surface area contributed by atoms with Crippen LogP contribution in [0.25, 0.3) is 0 Å². The van der Waals surface area contributed by atoms with E-state index >= 15 is 0 Å². The third kappa shape index (κ3) is 3.90. The molecule has 2 amide bonds. The first-order chi connectivity index (χ1) is 12.2. The summed E-state index contributed by atoms with van der Waals surface area (Å²) in [5, 5.41) is 2.90. The molecule has 0 atom stereocenters. The molecule has 0 bridgehead atoms. The maximum absolute atomic E-state index is 12.6. The molecule has 2 aromatic rings. The van der Waals surface area contributed by atoms with Crippen molar-refractivity contribution in [2.24, 2.45) is 0 Å². The van der Waals surface area contributed by atoms with Crippen LogP contribution in [-0.2, 0) is 0 Å². The minimum Gasteiger partial charge on any atom is -0.497 e. The lowest BCUT2D eigenvalue weighted by atomic mass is 10.2. The van der Waals surface area contributed by atoms with E-state index in [1.165, 1.54) is 0 Å². The number of methoxy groups -OCH3 is 2. The molecule has 0 aliphatic carbocycles. The molecule has 1 fully saturated rings. The summed E-state index contributed by atoms with van der Waals surface area (Å²) in [4.78, 5) is 24.8. The highest BCUT2D eigenvalue weighted by Crippen LogP contribution is 2.29. The van der Waals surface area contributed by atoms with Gasteiger partial charge in [0.2, 0.25) is 0 Å². The lowest BCUT2D eigenvalue weighted by Crippen LogP contribution is -2.50. The molecule has 0 spiro atoms. The van der Waals surface area contributed by atoms with Crippen LogP contribution in [0.2, 0.25) is 0 Å². The Kier molecular flexibility index (Phi) is 5.17. The van der Waals surface area contributed by atoms with Crippen molar-refractivity contribution in [3.8, 4) is 11.5 Å². The summed E-state index contributed by atoms with van der Waals surface area (Å²) in [6.45, 7) is 2.63. The monoisotopic (exact) mass is 343 g/mol. The highest BCUT2D eigenvalue weighted by Gasteiger charge is 2.22. The minimum atomic E-state index is -0.162. The van der Waals surface area contributed by atoms with Gasteiger partial charge in [0.25, 0.3) is 0 Å². The molecule has 132 valence electrons. The first-order valence-corrected chi connectivity index (χ1v) is 8.00. The second-order valence-electron chi connectivity index (χ2n) is 5.53. The zero-order chi connectivity index (χ0) is 17.6. The number of rotatable bonds is 4. The summed E-state index contributed by atoms with van der Waals surface area (Å²) >= 11 is 0. The zero-order valence-corrected chi connectivity index (χ0v) is 14.3. The summed E-state index contributed by atoms with van der Waals surface area (Å²) in [6, 6.07) is 5.13. The van der Waals surface area contributed by atoms with E-state index in [2.05, 4.69) is 20.2 Å². The number of carbonyl (C=O) groups is 1. The van der Waals surface area contributed by atoms with Gasteiger partial charge in [-0.1, -0.05) is 0 Å². The van der Waals surface area contributed by atoms with Gasteiger partial charge in [0, 0.05) is 44.6 Å². The Morgan fingerprint density at radius 2 is 1.92 bits per heavy atom. The fourth-order valence-corrected chi connectivity index (χ4v) is 2.70. The van der Waals surface area contributed by atoms with Crippen LogP contribution in [0, 0.1) is 0 Å². The van der Waals surface area contributed by atoms with Crippen molar-refractivity contribution in [3.63, 3.8) is 0 Å². The summed E-state index contributed by atoms with van der Waals surface area (Å²) < 4.78 is 10.5. The van der Waals surface area contributed by atoms with Gasteiger partial charge >= 0.3 is 6.03 Å². The van der Waals surface area contributed by atoms with Crippen LogP contribution in [0.3, 0.4) is 0 Å². The van der Waals surface area contributed by atoms with E-state index in [1.54, 1.807) is 55.9 Å². The number of benzene rings is 1. The van der Waals surface area contributed by atoms with Gasteiger partial charge in [-0.05, 0) is 12.1 Å². The molecule has 0 saturated carbocycles. The fourth-order valence-electron chi connectivity index (χ4n) is 2.70. The van der Waals surface area contributed by atoms with Gasteiger partial charge < -0.3 is 24.6 Å². The summed E-state index contributed by atoms with van der Waals surface area (Å²) in [7, 11) is 3.15. The van der Waals surface area contributed by atoms with E-state index in [4.69, 9.17) is 9.47 Å². The average Bonchev–Trinajstić information content (AvgIpc) is 2.68. The van der Waals surface area contributed by atoms with Crippen molar-refractivity contribution in [1.29, 1.82) is 0 Å². The number of anilines is 2. The van der Waals surface area contributed by atoms with Gasteiger partial charge in [-0.2, -0.15) is 0 Å². The molecule has 2 heterocycles. The Morgan fingerprint density at radius 1 is 1.12 bits per heavy atom. The number of amides is 2. The standard InChI is InChI=1S/C17H21N5O3/c1-24-13-3-4-15(25-2)14(11-13)20-17(23)22-9-7-21(8-10-22)16-12-18-5-6-19-16/h3-6,11-12H,7-10H2,1-2H3,(H,20,23). The van der Waals surface area contributed by atoms with Crippen LogP contribution in [0.5, 0.6) is 11.5 Å². The molecule has 1 aromatic carbocycles. The quantitative estimate of drug-likeness (QED) is 0.913. The molecule has 1 N–H and O–H groups in total. The largest absolute Gasteiger partial charge is 0.497 e. The number of carbonyl (C=O) groups excluding carboxylic acids is 1. The number of hydrogen-bond acceptors (Lipinski definition) is 6. The van der Waals surface area contributed by atoms with Crippen molar-refractivity contribution in [2.75, 3.05) is 50.6 Å². The van der Waals surface area contributed by atoms with E-state index in [0.29, 0.717) is 43.4 Å². The highest BCUT2D eigenvalue weighted by molar-refractivity contribution is 5.91. The van der Waals surface area contributed by atoms with E-state index in [0.717, 1.165) is 5.82 Å². The van der Waals surface area contributed by atoms with Crippen LogP contribution in [0.15, 0.2) is 36.8 Å². The lowest BCUT2D eigenvalue weighted by Gasteiger charge is -2.35. The number of ether oxygens (including phenoxy) is 2. The van der Waals surface area contributed by atoms with Crippen molar-refractivity contribution in [3.05, 3.63) is 36.8 Å². The first-order valence-electron chi connectivity index (χ1n) is 8.00. The van der Waals surface area contributed by atoms with Gasteiger partial charge in [-0.15, -0.1) is 0 Å². The van der Waals surface area contributed by atoms with Gasteiger partial charge in [-0.3, -0.25) is 4.98 Å². The average molecular weight is 343 g/mol. The molecule has 1 aliphatic rings. The number of hydrogen-bond donors (Lipinski definition) is 1. The first kappa shape index (κ1) is 16.8. The van der Waals surface area contributed by atoms with Crippen molar-refractivity contribution >= 4 is 17.5 Å². The van der Waals surface area contributed by atoms with Crippen LogP contribution in [0.1, 0.15) is 0 Å². The molecule has 8 heteroatoms. The van der Waals surface area contributed by atoms with Gasteiger partial charge in [0.05, 0.1) is 26.1 Å². The van der Waals surface area contributed by atoms with Gasteiger partial charge in [0.15, 0.2) is 0 Å².